The van der Waals surface area contributed by atoms with Crippen molar-refractivity contribution in [2.45, 2.75) is 6.54 Å². The van der Waals surface area contributed by atoms with Crippen LogP contribution < -0.4 is 5.32 Å². The SMILES string of the molecule is O=C(NCc1cc(Br)cs1)c1ccc(Cl)c(Cl)c1. The molecule has 0 saturated heterocycles. The smallest absolute Gasteiger partial charge is 0.251 e. The fraction of sp³-hybridized carbons (Fsp3) is 0.0833. The zero-order valence-electron chi connectivity index (χ0n) is 9.04. The van der Waals surface area contributed by atoms with Crippen LogP contribution in [0.25, 0.3) is 0 Å². The molecule has 2 aromatic rings. The molecule has 18 heavy (non-hydrogen) atoms. The summed E-state index contributed by atoms with van der Waals surface area (Å²) in [7, 11) is 0. The van der Waals surface area contributed by atoms with Crippen LogP contribution in [0.3, 0.4) is 0 Å². The maximum absolute atomic E-state index is 11.9. The topological polar surface area (TPSA) is 29.1 Å². The van der Waals surface area contributed by atoms with Gasteiger partial charge in [0.2, 0.25) is 0 Å². The van der Waals surface area contributed by atoms with Crippen LogP contribution in [0.2, 0.25) is 10.0 Å². The number of halogens is 3. The molecule has 1 aromatic heterocycles. The number of nitrogens with one attached hydrogen (secondary N) is 1. The quantitative estimate of drug-likeness (QED) is 0.836. The molecule has 1 amide bonds. The van der Waals surface area contributed by atoms with Gasteiger partial charge in [-0.2, -0.15) is 0 Å². The van der Waals surface area contributed by atoms with E-state index >= 15 is 0 Å². The Kier molecular flexibility index (Phi) is 4.67. The standard InChI is InChI=1S/C12H8BrCl2NOS/c13-8-4-9(18-6-8)5-16-12(17)7-1-2-10(14)11(15)3-7/h1-4,6H,5H2,(H,16,17). The molecule has 0 saturated carbocycles. The van der Waals surface area contributed by atoms with Crippen molar-refractivity contribution in [2.75, 3.05) is 0 Å². The fourth-order valence-electron chi connectivity index (χ4n) is 1.35. The van der Waals surface area contributed by atoms with Gasteiger partial charge in [0, 0.05) is 20.3 Å². The third kappa shape index (κ3) is 3.48. The zero-order chi connectivity index (χ0) is 13.1. The minimum atomic E-state index is -0.168. The van der Waals surface area contributed by atoms with Crippen LogP contribution in [0.5, 0.6) is 0 Å². The van der Waals surface area contributed by atoms with E-state index in [1.807, 2.05) is 11.4 Å². The Labute approximate surface area is 127 Å². The lowest BCUT2D eigenvalue weighted by molar-refractivity contribution is 0.0951. The number of benzene rings is 1. The minimum Gasteiger partial charge on any atom is -0.347 e. The van der Waals surface area contributed by atoms with Gasteiger partial charge in [-0.05, 0) is 40.2 Å². The first-order chi connectivity index (χ1) is 8.56. The molecular weight excluding hydrogens is 357 g/mol. The zero-order valence-corrected chi connectivity index (χ0v) is 13.0. The van der Waals surface area contributed by atoms with Crippen LogP contribution in [0, 0.1) is 0 Å². The van der Waals surface area contributed by atoms with Gasteiger partial charge in [-0.1, -0.05) is 23.2 Å². The number of amides is 1. The Morgan fingerprint density at radius 1 is 1.28 bits per heavy atom. The van der Waals surface area contributed by atoms with Crippen molar-refractivity contribution >= 4 is 56.4 Å². The van der Waals surface area contributed by atoms with Gasteiger partial charge >= 0.3 is 0 Å². The lowest BCUT2D eigenvalue weighted by Gasteiger charge is -2.04. The first kappa shape index (κ1) is 13.9. The van der Waals surface area contributed by atoms with E-state index in [9.17, 15) is 4.79 Å². The summed E-state index contributed by atoms with van der Waals surface area (Å²) in [5, 5.41) is 5.62. The molecule has 0 spiro atoms. The average Bonchev–Trinajstić information content (AvgIpc) is 2.75. The summed E-state index contributed by atoms with van der Waals surface area (Å²) in [4.78, 5) is 12.9. The number of thiophene rings is 1. The molecule has 0 aliphatic carbocycles. The molecule has 0 bridgehead atoms. The van der Waals surface area contributed by atoms with Crippen LogP contribution in [-0.4, -0.2) is 5.91 Å². The molecule has 2 nitrogen and oxygen atoms in total. The van der Waals surface area contributed by atoms with E-state index in [-0.39, 0.29) is 5.91 Å². The van der Waals surface area contributed by atoms with E-state index in [0.717, 1.165) is 9.35 Å². The Hall–Kier alpha value is -0.550. The molecule has 0 fully saturated rings. The van der Waals surface area contributed by atoms with Crippen molar-refractivity contribution in [3.05, 3.63) is 54.6 Å². The molecule has 0 atom stereocenters. The molecule has 0 aliphatic heterocycles. The van der Waals surface area contributed by atoms with Gasteiger partial charge in [-0.15, -0.1) is 11.3 Å². The maximum Gasteiger partial charge on any atom is 0.251 e. The van der Waals surface area contributed by atoms with Crippen molar-refractivity contribution in [1.29, 1.82) is 0 Å². The molecule has 1 N–H and O–H groups in total. The summed E-state index contributed by atoms with van der Waals surface area (Å²) in [6.07, 6.45) is 0. The van der Waals surface area contributed by atoms with Crippen LogP contribution >= 0.6 is 50.5 Å². The molecule has 0 unspecified atom stereocenters. The van der Waals surface area contributed by atoms with Gasteiger partial charge in [0.05, 0.1) is 16.6 Å². The maximum atomic E-state index is 11.9. The second-order valence-corrected chi connectivity index (χ2v) is 6.27. The van der Waals surface area contributed by atoms with E-state index in [2.05, 4.69) is 21.2 Å². The van der Waals surface area contributed by atoms with Crippen LogP contribution in [0.15, 0.2) is 34.1 Å². The van der Waals surface area contributed by atoms with E-state index in [4.69, 9.17) is 23.2 Å². The monoisotopic (exact) mass is 363 g/mol. The van der Waals surface area contributed by atoms with Gasteiger partial charge in [0.15, 0.2) is 0 Å². The lowest BCUT2D eigenvalue weighted by atomic mass is 10.2. The highest BCUT2D eigenvalue weighted by atomic mass is 79.9. The normalized spacial score (nSPS) is 10.4. The summed E-state index contributed by atoms with van der Waals surface area (Å²) in [5.74, 6) is -0.168. The van der Waals surface area contributed by atoms with Crippen molar-refractivity contribution in [2.24, 2.45) is 0 Å². The molecule has 1 aromatic carbocycles. The average molecular weight is 365 g/mol. The third-order valence-electron chi connectivity index (χ3n) is 2.23. The Morgan fingerprint density at radius 2 is 2.06 bits per heavy atom. The molecule has 6 heteroatoms. The predicted molar refractivity (Wildman–Crippen MR) is 79.7 cm³/mol. The van der Waals surface area contributed by atoms with Crippen molar-refractivity contribution in [3.63, 3.8) is 0 Å². The van der Waals surface area contributed by atoms with Crippen molar-refractivity contribution in [3.8, 4) is 0 Å². The number of hydrogen-bond acceptors (Lipinski definition) is 2. The first-order valence-corrected chi connectivity index (χ1v) is 7.45. The van der Waals surface area contributed by atoms with E-state index < -0.39 is 0 Å². The summed E-state index contributed by atoms with van der Waals surface area (Å²) < 4.78 is 1.02. The molecule has 0 aliphatic rings. The second kappa shape index (κ2) is 6.06. The van der Waals surface area contributed by atoms with Crippen LogP contribution in [0.4, 0.5) is 0 Å². The third-order valence-corrected chi connectivity index (χ3v) is 4.66. The van der Waals surface area contributed by atoms with E-state index in [1.54, 1.807) is 29.5 Å². The minimum absolute atomic E-state index is 0.168. The fourth-order valence-corrected chi connectivity index (χ4v) is 3.04. The molecule has 1 heterocycles. The molecule has 0 radical (unpaired) electrons. The molecule has 94 valence electrons. The van der Waals surface area contributed by atoms with Crippen LogP contribution in [0.1, 0.15) is 15.2 Å². The summed E-state index contributed by atoms with van der Waals surface area (Å²) in [6.45, 7) is 0.495. The number of hydrogen-bond donors (Lipinski definition) is 1. The summed E-state index contributed by atoms with van der Waals surface area (Å²) in [6, 6.07) is 6.79. The Bertz CT molecular complexity index is 585. The lowest BCUT2D eigenvalue weighted by Crippen LogP contribution is -2.22. The Balaban J connectivity index is 2.01. The first-order valence-electron chi connectivity index (χ1n) is 5.02. The van der Waals surface area contributed by atoms with Gasteiger partial charge in [0.1, 0.15) is 0 Å². The number of carbonyl (C=O) groups is 1. The molecule has 2 rings (SSSR count). The second-order valence-electron chi connectivity index (χ2n) is 3.54. The summed E-state index contributed by atoms with van der Waals surface area (Å²) >= 11 is 16.6. The van der Waals surface area contributed by atoms with Crippen LogP contribution in [-0.2, 0) is 6.54 Å². The highest BCUT2D eigenvalue weighted by Crippen LogP contribution is 2.23. The highest BCUT2D eigenvalue weighted by Gasteiger charge is 2.08. The Morgan fingerprint density at radius 3 is 2.67 bits per heavy atom. The van der Waals surface area contributed by atoms with Gasteiger partial charge in [-0.25, -0.2) is 0 Å². The molecular formula is C12H8BrCl2NOS. The van der Waals surface area contributed by atoms with Gasteiger partial charge in [-0.3, -0.25) is 4.79 Å². The largest absolute Gasteiger partial charge is 0.347 e. The number of carbonyl (C=O) groups excluding carboxylic acids is 1. The van der Waals surface area contributed by atoms with Gasteiger partial charge in [0.25, 0.3) is 5.91 Å². The summed E-state index contributed by atoms with van der Waals surface area (Å²) in [5.41, 5.74) is 0.500. The number of rotatable bonds is 3. The predicted octanol–water partition coefficient (Wildman–Crippen LogP) is 4.75. The van der Waals surface area contributed by atoms with Crippen molar-refractivity contribution in [1.82, 2.24) is 5.32 Å². The van der Waals surface area contributed by atoms with E-state index in [0.29, 0.717) is 22.2 Å². The van der Waals surface area contributed by atoms with Crippen molar-refractivity contribution < 1.29 is 4.79 Å². The van der Waals surface area contributed by atoms with Gasteiger partial charge < -0.3 is 5.32 Å². The highest BCUT2D eigenvalue weighted by molar-refractivity contribution is 9.10. The van der Waals surface area contributed by atoms with E-state index in [1.165, 1.54) is 0 Å².